The van der Waals surface area contributed by atoms with Gasteiger partial charge >= 0.3 is 6.01 Å². The maximum Gasteiger partial charge on any atom is 0.324 e. The van der Waals surface area contributed by atoms with Gasteiger partial charge in [-0.25, -0.2) is 0 Å². The lowest BCUT2D eigenvalue weighted by molar-refractivity contribution is 0.376. The lowest BCUT2D eigenvalue weighted by Gasteiger charge is -2.30. The summed E-state index contributed by atoms with van der Waals surface area (Å²) in [5.74, 6) is 1.12. The third-order valence-electron chi connectivity index (χ3n) is 3.12. The van der Waals surface area contributed by atoms with Gasteiger partial charge in [-0.1, -0.05) is 19.0 Å². The van der Waals surface area contributed by atoms with E-state index in [2.05, 4.69) is 34.2 Å². The molecule has 5 heteroatoms. The first-order valence-electron chi connectivity index (χ1n) is 5.96. The van der Waals surface area contributed by atoms with Crippen LogP contribution in [0.15, 0.2) is 4.52 Å². The molecule has 1 N–H and O–H groups in total. The molecule has 0 bridgehead atoms. The molecule has 1 aromatic heterocycles. The van der Waals surface area contributed by atoms with Crippen molar-refractivity contribution in [3.8, 4) is 0 Å². The lowest BCUT2D eigenvalue weighted by Crippen LogP contribution is -2.41. The average Bonchev–Trinajstić information content (AvgIpc) is 2.78. The Balaban J connectivity index is 1.97. The van der Waals surface area contributed by atoms with E-state index in [0.717, 1.165) is 31.8 Å². The van der Waals surface area contributed by atoms with Gasteiger partial charge in [0.2, 0.25) is 0 Å². The van der Waals surface area contributed by atoms with E-state index in [-0.39, 0.29) is 0 Å². The zero-order valence-corrected chi connectivity index (χ0v) is 10.2. The summed E-state index contributed by atoms with van der Waals surface area (Å²) in [6, 6.07) is 1.31. The Morgan fingerprint density at radius 2 is 2.06 bits per heavy atom. The number of anilines is 1. The predicted octanol–water partition coefficient (Wildman–Crippen LogP) is 1.38. The fourth-order valence-corrected chi connectivity index (χ4v) is 1.95. The summed E-state index contributed by atoms with van der Waals surface area (Å²) in [7, 11) is 2.02. The Morgan fingerprint density at radius 1 is 1.38 bits per heavy atom. The van der Waals surface area contributed by atoms with Gasteiger partial charge in [-0.3, -0.25) is 0 Å². The van der Waals surface area contributed by atoms with Gasteiger partial charge in [0, 0.05) is 25.0 Å². The number of rotatable bonds is 3. The molecule has 0 radical (unpaired) electrons. The molecule has 16 heavy (non-hydrogen) atoms. The van der Waals surface area contributed by atoms with Crippen molar-refractivity contribution in [3.63, 3.8) is 0 Å². The van der Waals surface area contributed by atoms with Crippen LogP contribution in [-0.2, 0) is 0 Å². The quantitative estimate of drug-likeness (QED) is 0.840. The number of nitrogens with zero attached hydrogens (tertiary/aromatic N) is 3. The van der Waals surface area contributed by atoms with Crippen LogP contribution >= 0.6 is 0 Å². The molecule has 90 valence electrons. The number of aromatic nitrogens is 2. The Kier molecular flexibility index (Phi) is 3.43. The second-order valence-electron chi connectivity index (χ2n) is 4.64. The number of nitrogens with one attached hydrogen (secondary N) is 1. The fourth-order valence-electron chi connectivity index (χ4n) is 1.95. The second kappa shape index (κ2) is 4.82. The van der Waals surface area contributed by atoms with E-state index in [1.165, 1.54) is 0 Å². The largest absolute Gasteiger partial charge is 0.324 e. The molecular weight excluding hydrogens is 204 g/mol. The molecule has 1 aromatic rings. The Labute approximate surface area is 96.2 Å². The highest BCUT2D eigenvalue weighted by Crippen LogP contribution is 2.20. The van der Waals surface area contributed by atoms with Crippen LogP contribution in [0, 0.1) is 0 Å². The van der Waals surface area contributed by atoms with Gasteiger partial charge in [0.1, 0.15) is 0 Å². The molecule has 1 aliphatic rings. The summed E-state index contributed by atoms with van der Waals surface area (Å²) in [5.41, 5.74) is 0. The van der Waals surface area contributed by atoms with E-state index in [1.807, 2.05) is 7.05 Å². The van der Waals surface area contributed by atoms with Gasteiger partial charge < -0.3 is 14.7 Å². The SMILES string of the molecule is CNC1CCN(c2nc(C(C)C)no2)CC1. The average molecular weight is 224 g/mol. The van der Waals surface area contributed by atoms with E-state index in [0.29, 0.717) is 18.0 Å². The molecule has 0 unspecified atom stereocenters. The maximum absolute atomic E-state index is 5.28. The standard InChI is InChI=1S/C11H20N4O/c1-8(2)10-13-11(16-14-10)15-6-4-9(12-3)5-7-15/h8-9,12H,4-7H2,1-3H3. The van der Waals surface area contributed by atoms with Crippen LogP contribution in [0.2, 0.25) is 0 Å². The first-order valence-corrected chi connectivity index (χ1v) is 5.96. The van der Waals surface area contributed by atoms with Crippen molar-refractivity contribution in [3.05, 3.63) is 5.82 Å². The van der Waals surface area contributed by atoms with E-state index in [1.54, 1.807) is 0 Å². The Hall–Kier alpha value is -1.10. The van der Waals surface area contributed by atoms with Gasteiger partial charge in [-0.2, -0.15) is 4.98 Å². The molecule has 0 amide bonds. The summed E-state index contributed by atoms with van der Waals surface area (Å²) in [6.07, 6.45) is 2.27. The van der Waals surface area contributed by atoms with Crippen molar-refractivity contribution in [2.75, 3.05) is 25.0 Å². The lowest BCUT2D eigenvalue weighted by atomic mass is 10.1. The van der Waals surface area contributed by atoms with E-state index < -0.39 is 0 Å². The smallest absolute Gasteiger partial charge is 0.324 e. The van der Waals surface area contributed by atoms with Gasteiger partial charge in [-0.05, 0) is 19.9 Å². The maximum atomic E-state index is 5.28. The molecule has 1 fully saturated rings. The molecule has 0 saturated carbocycles. The predicted molar refractivity (Wildman–Crippen MR) is 62.7 cm³/mol. The van der Waals surface area contributed by atoms with Crippen LogP contribution in [0.5, 0.6) is 0 Å². The van der Waals surface area contributed by atoms with E-state index in [9.17, 15) is 0 Å². The number of hydrogen-bond donors (Lipinski definition) is 1. The molecule has 0 aromatic carbocycles. The number of piperidine rings is 1. The molecule has 1 saturated heterocycles. The van der Waals surface area contributed by atoms with Crippen molar-refractivity contribution < 1.29 is 4.52 Å². The topological polar surface area (TPSA) is 54.2 Å². The summed E-state index contributed by atoms with van der Waals surface area (Å²) >= 11 is 0. The molecule has 0 atom stereocenters. The minimum Gasteiger partial charge on any atom is -0.324 e. The first kappa shape index (κ1) is 11.4. The number of hydrogen-bond acceptors (Lipinski definition) is 5. The molecule has 0 spiro atoms. The summed E-state index contributed by atoms with van der Waals surface area (Å²) in [6.45, 7) is 6.13. The van der Waals surface area contributed by atoms with Gasteiger partial charge in [-0.15, -0.1) is 0 Å². The monoisotopic (exact) mass is 224 g/mol. The third kappa shape index (κ3) is 2.35. The second-order valence-corrected chi connectivity index (χ2v) is 4.64. The normalized spacial score (nSPS) is 18.4. The Bertz CT molecular complexity index is 328. The summed E-state index contributed by atoms with van der Waals surface area (Å²) in [5, 5.41) is 7.29. The highest BCUT2D eigenvalue weighted by Gasteiger charge is 2.22. The highest BCUT2D eigenvalue weighted by molar-refractivity contribution is 5.26. The molecular formula is C11H20N4O. The first-order chi connectivity index (χ1) is 7.70. The van der Waals surface area contributed by atoms with Crippen LogP contribution < -0.4 is 10.2 Å². The minimum atomic E-state index is 0.326. The van der Waals surface area contributed by atoms with Crippen LogP contribution in [0.3, 0.4) is 0 Å². The third-order valence-corrected chi connectivity index (χ3v) is 3.12. The Morgan fingerprint density at radius 3 is 2.56 bits per heavy atom. The van der Waals surface area contributed by atoms with Gasteiger partial charge in [0.05, 0.1) is 0 Å². The van der Waals surface area contributed by atoms with Crippen LogP contribution in [0.1, 0.15) is 38.4 Å². The molecule has 1 aliphatic heterocycles. The van der Waals surface area contributed by atoms with Crippen molar-refractivity contribution >= 4 is 6.01 Å². The summed E-state index contributed by atoms with van der Waals surface area (Å²) < 4.78 is 5.28. The molecule has 2 heterocycles. The van der Waals surface area contributed by atoms with Crippen molar-refractivity contribution in [1.82, 2.24) is 15.5 Å². The molecule has 2 rings (SSSR count). The van der Waals surface area contributed by atoms with Crippen molar-refractivity contribution in [1.29, 1.82) is 0 Å². The van der Waals surface area contributed by atoms with Crippen LogP contribution in [0.4, 0.5) is 6.01 Å². The summed E-state index contributed by atoms with van der Waals surface area (Å²) in [4.78, 5) is 6.59. The molecule has 0 aliphatic carbocycles. The molecule has 5 nitrogen and oxygen atoms in total. The minimum absolute atomic E-state index is 0.326. The highest BCUT2D eigenvalue weighted by atomic mass is 16.5. The van der Waals surface area contributed by atoms with Crippen molar-refractivity contribution in [2.24, 2.45) is 0 Å². The van der Waals surface area contributed by atoms with Crippen LogP contribution in [0.25, 0.3) is 0 Å². The van der Waals surface area contributed by atoms with Gasteiger partial charge in [0.15, 0.2) is 5.82 Å². The van der Waals surface area contributed by atoms with Crippen LogP contribution in [-0.4, -0.2) is 36.3 Å². The zero-order valence-electron chi connectivity index (χ0n) is 10.2. The zero-order chi connectivity index (χ0) is 11.5. The van der Waals surface area contributed by atoms with Crippen molar-refractivity contribution in [2.45, 2.75) is 38.6 Å². The fraction of sp³-hybridized carbons (Fsp3) is 0.818. The van der Waals surface area contributed by atoms with E-state index in [4.69, 9.17) is 4.52 Å². The van der Waals surface area contributed by atoms with E-state index >= 15 is 0 Å². The van der Waals surface area contributed by atoms with Gasteiger partial charge in [0.25, 0.3) is 0 Å².